The highest BCUT2D eigenvalue weighted by molar-refractivity contribution is 5.95. The standard InChI is InChI=1S/C35H41N5O4/c1-7-30(24(5)44-37-6)33-23(4)14-16-40-21-31(39-34(33)40)26-10-8-25(9-11-26)18-29(15-17-41)38-35(42)27-12-13-32(43-22(2)3)28(19-27)20-36/h8-14,16,19,21-22,29,37,41H,7,15,17-18H2,1-6H3,(H,38,42)/b30-24+/t29-/m1/s1. The molecule has 0 aliphatic heterocycles. The summed E-state index contributed by atoms with van der Waals surface area (Å²) < 4.78 is 7.71. The minimum Gasteiger partial charge on any atom is -0.490 e. The first-order valence-corrected chi connectivity index (χ1v) is 14.9. The highest BCUT2D eigenvalue weighted by atomic mass is 16.6. The van der Waals surface area contributed by atoms with E-state index in [4.69, 9.17) is 14.6 Å². The summed E-state index contributed by atoms with van der Waals surface area (Å²) in [4.78, 5) is 23.7. The first-order valence-electron chi connectivity index (χ1n) is 14.9. The quantitative estimate of drug-likeness (QED) is 0.128. The van der Waals surface area contributed by atoms with Gasteiger partial charge in [-0.3, -0.25) is 4.79 Å². The van der Waals surface area contributed by atoms with Crippen LogP contribution in [0.3, 0.4) is 0 Å². The van der Waals surface area contributed by atoms with Crippen molar-refractivity contribution in [1.82, 2.24) is 20.2 Å². The van der Waals surface area contributed by atoms with Crippen LogP contribution >= 0.6 is 0 Å². The maximum atomic E-state index is 13.1. The van der Waals surface area contributed by atoms with Gasteiger partial charge in [0.2, 0.25) is 0 Å². The van der Waals surface area contributed by atoms with Crippen molar-refractivity contribution in [2.24, 2.45) is 0 Å². The fourth-order valence-electron chi connectivity index (χ4n) is 5.33. The van der Waals surface area contributed by atoms with Gasteiger partial charge in [-0.1, -0.05) is 31.2 Å². The van der Waals surface area contributed by atoms with E-state index >= 15 is 0 Å². The van der Waals surface area contributed by atoms with Crippen molar-refractivity contribution < 1.29 is 19.5 Å². The molecule has 0 aliphatic rings. The fraction of sp³-hybridized carbons (Fsp3) is 0.343. The molecule has 1 atom stereocenters. The average molecular weight is 596 g/mol. The first-order chi connectivity index (χ1) is 21.2. The molecule has 4 aromatic rings. The number of pyridine rings is 1. The van der Waals surface area contributed by atoms with Gasteiger partial charge in [0.25, 0.3) is 5.91 Å². The molecule has 0 saturated carbocycles. The third-order valence-corrected chi connectivity index (χ3v) is 7.44. The average Bonchev–Trinajstić information content (AvgIpc) is 3.43. The van der Waals surface area contributed by atoms with Crippen molar-refractivity contribution in [3.63, 3.8) is 0 Å². The van der Waals surface area contributed by atoms with E-state index in [9.17, 15) is 15.2 Å². The molecule has 0 bridgehead atoms. The van der Waals surface area contributed by atoms with Gasteiger partial charge in [-0.2, -0.15) is 10.7 Å². The zero-order valence-electron chi connectivity index (χ0n) is 26.3. The number of amides is 1. The van der Waals surface area contributed by atoms with Crippen LogP contribution in [0.1, 0.15) is 73.1 Å². The van der Waals surface area contributed by atoms with E-state index < -0.39 is 0 Å². The molecule has 3 N–H and O–H groups in total. The number of nitrogens with one attached hydrogen (secondary N) is 2. The van der Waals surface area contributed by atoms with Gasteiger partial charge in [-0.25, -0.2) is 4.98 Å². The van der Waals surface area contributed by atoms with Crippen LogP contribution in [0.15, 0.2) is 66.7 Å². The van der Waals surface area contributed by atoms with Gasteiger partial charge in [-0.15, -0.1) is 0 Å². The summed E-state index contributed by atoms with van der Waals surface area (Å²) >= 11 is 0. The second kappa shape index (κ2) is 14.7. The fourth-order valence-corrected chi connectivity index (χ4v) is 5.33. The van der Waals surface area contributed by atoms with Gasteiger partial charge in [0, 0.05) is 54.4 Å². The lowest BCUT2D eigenvalue weighted by Gasteiger charge is -2.19. The number of nitrogens with zero attached hydrogens (tertiary/aromatic N) is 3. The van der Waals surface area contributed by atoms with Crippen LogP contribution < -0.4 is 15.5 Å². The number of rotatable bonds is 13. The van der Waals surface area contributed by atoms with E-state index in [1.54, 1.807) is 19.2 Å². The predicted molar refractivity (Wildman–Crippen MR) is 172 cm³/mol. The van der Waals surface area contributed by atoms with Gasteiger partial charge in [0.15, 0.2) is 0 Å². The lowest BCUT2D eigenvalue weighted by molar-refractivity contribution is 0.0930. The van der Waals surface area contributed by atoms with Crippen molar-refractivity contribution in [2.45, 2.75) is 66.0 Å². The lowest BCUT2D eigenvalue weighted by Crippen LogP contribution is -2.37. The number of aliphatic hydroxyl groups is 1. The van der Waals surface area contributed by atoms with Crippen LogP contribution in [-0.2, 0) is 11.3 Å². The number of fused-ring (bicyclic) bond motifs is 1. The van der Waals surface area contributed by atoms with Crippen molar-refractivity contribution in [3.05, 3.63) is 94.5 Å². The number of aryl methyl sites for hydroxylation is 1. The third-order valence-electron chi connectivity index (χ3n) is 7.44. The number of imidazole rings is 1. The second-order valence-electron chi connectivity index (χ2n) is 11.0. The number of aliphatic hydroxyl groups excluding tert-OH is 1. The smallest absolute Gasteiger partial charge is 0.251 e. The van der Waals surface area contributed by atoms with E-state index in [-0.39, 0.29) is 24.7 Å². The number of benzene rings is 2. The van der Waals surface area contributed by atoms with Crippen LogP contribution in [0.2, 0.25) is 0 Å². The highest BCUT2D eigenvalue weighted by Gasteiger charge is 2.18. The van der Waals surface area contributed by atoms with E-state index in [1.165, 1.54) is 6.07 Å². The molecule has 230 valence electrons. The number of ether oxygens (including phenoxy) is 1. The predicted octanol–water partition coefficient (Wildman–Crippen LogP) is 5.98. The molecule has 9 nitrogen and oxygen atoms in total. The summed E-state index contributed by atoms with van der Waals surface area (Å²) in [6.07, 6.45) is 5.69. The Morgan fingerprint density at radius 3 is 2.55 bits per heavy atom. The molecule has 0 radical (unpaired) electrons. The Bertz CT molecular complexity index is 1680. The number of carbonyl (C=O) groups is 1. The van der Waals surface area contributed by atoms with Crippen molar-refractivity contribution in [1.29, 1.82) is 5.26 Å². The Labute approximate surface area is 259 Å². The minimum absolute atomic E-state index is 0.0658. The number of hydrogen-bond donors (Lipinski definition) is 3. The van der Waals surface area contributed by atoms with E-state index in [1.807, 2.05) is 61.8 Å². The monoisotopic (exact) mass is 595 g/mol. The van der Waals surface area contributed by atoms with Crippen molar-refractivity contribution in [3.8, 4) is 23.1 Å². The van der Waals surface area contributed by atoms with Gasteiger partial charge in [0.1, 0.15) is 23.2 Å². The Hall–Kier alpha value is -4.65. The zero-order chi connectivity index (χ0) is 31.8. The molecular formula is C35H41N5O4. The van der Waals surface area contributed by atoms with Gasteiger partial charge < -0.3 is 24.4 Å². The molecule has 2 heterocycles. The Morgan fingerprint density at radius 1 is 1.16 bits per heavy atom. The summed E-state index contributed by atoms with van der Waals surface area (Å²) in [5.41, 5.74) is 10.4. The molecule has 0 fully saturated rings. The Morgan fingerprint density at radius 2 is 1.91 bits per heavy atom. The largest absolute Gasteiger partial charge is 0.490 e. The summed E-state index contributed by atoms with van der Waals surface area (Å²) in [6.45, 7) is 9.84. The highest BCUT2D eigenvalue weighted by Crippen LogP contribution is 2.31. The van der Waals surface area contributed by atoms with Crippen LogP contribution in [0.4, 0.5) is 0 Å². The Kier molecular flexibility index (Phi) is 10.8. The summed E-state index contributed by atoms with van der Waals surface area (Å²) in [7, 11) is 1.75. The molecule has 1 amide bonds. The maximum absolute atomic E-state index is 13.1. The molecule has 9 heteroatoms. The van der Waals surface area contributed by atoms with Crippen LogP contribution in [0.25, 0.3) is 22.5 Å². The van der Waals surface area contributed by atoms with E-state index in [2.05, 4.69) is 36.8 Å². The second-order valence-corrected chi connectivity index (χ2v) is 11.0. The molecule has 0 unspecified atom stereocenters. The SMILES string of the molecule is CC/C(=C(/C)ONC)c1c(C)ccn2cc(-c3ccc(C[C@@H](CCO)NC(=O)c4ccc(OC(C)C)c(C#N)c4)cc3)nc12. The van der Waals surface area contributed by atoms with E-state index in [0.29, 0.717) is 29.7 Å². The molecule has 0 aliphatic carbocycles. The van der Waals surface area contributed by atoms with Crippen LogP contribution in [-0.4, -0.2) is 46.2 Å². The van der Waals surface area contributed by atoms with Crippen molar-refractivity contribution in [2.75, 3.05) is 13.7 Å². The number of aromatic nitrogens is 2. The normalized spacial score (nSPS) is 12.5. The number of nitriles is 1. The summed E-state index contributed by atoms with van der Waals surface area (Å²) in [5, 5.41) is 22.2. The molecule has 4 rings (SSSR count). The van der Waals surface area contributed by atoms with Crippen LogP contribution in [0, 0.1) is 18.3 Å². The number of hydrogen-bond acceptors (Lipinski definition) is 7. The van der Waals surface area contributed by atoms with E-state index in [0.717, 1.165) is 51.3 Å². The molecular weight excluding hydrogens is 554 g/mol. The number of allylic oxidation sites excluding steroid dienone is 2. The number of hydroxylamine groups is 1. The van der Waals surface area contributed by atoms with Gasteiger partial charge in [-0.05, 0) is 82.3 Å². The Balaban J connectivity index is 1.53. The summed E-state index contributed by atoms with van der Waals surface area (Å²) in [5.74, 6) is 0.954. The van der Waals surface area contributed by atoms with Gasteiger partial charge in [0.05, 0.1) is 17.4 Å². The molecule has 44 heavy (non-hydrogen) atoms. The maximum Gasteiger partial charge on any atom is 0.251 e. The third kappa shape index (κ3) is 7.46. The summed E-state index contributed by atoms with van der Waals surface area (Å²) in [6, 6.07) is 16.8. The van der Waals surface area contributed by atoms with Crippen LogP contribution in [0.5, 0.6) is 5.75 Å². The lowest BCUT2D eigenvalue weighted by atomic mass is 9.99. The molecule has 0 spiro atoms. The molecule has 2 aromatic carbocycles. The molecule has 0 saturated heterocycles. The minimum atomic E-state index is -0.306. The molecule has 2 aromatic heterocycles. The number of carbonyl (C=O) groups excluding carboxylic acids is 1. The van der Waals surface area contributed by atoms with Gasteiger partial charge >= 0.3 is 0 Å². The zero-order valence-corrected chi connectivity index (χ0v) is 26.3. The first kappa shape index (κ1) is 32.3. The van der Waals surface area contributed by atoms with Crippen molar-refractivity contribution >= 4 is 17.1 Å². The topological polar surface area (TPSA) is 121 Å².